The molecule has 0 spiro atoms. The lowest BCUT2D eigenvalue weighted by molar-refractivity contribution is -0.155. The molecule has 0 unspecified atom stereocenters. The van der Waals surface area contributed by atoms with Gasteiger partial charge in [-0.05, 0) is 57.0 Å². The summed E-state index contributed by atoms with van der Waals surface area (Å²) < 4.78 is 11.0. The maximum atomic E-state index is 12.5. The first-order valence-electron chi connectivity index (χ1n) is 9.04. The maximum Gasteiger partial charge on any atom is 0.338 e. The second-order valence-corrected chi connectivity index (χ2v) is 7.83. The Morgan fingerprint density at radius 2 is 1.62 bits per heavy atom. The molecule has 0 fully saturated rings. The lowest BCUT2D eigenvalue weighted by atomic mass is 9.91. The summed E-state index contributed by atoms with van der Waals surface area (Å²) in [7, 11) is 0. The molecule has 26 heavy (non-hydrogen) atoms. The van der Waals surface area contributed by atoms with Crippen LogP contribution in [0.5, 0.6) is 0 Å². The number of benzene rings is 2. The molecule has 0 amide bonds. The van der Waals surface area contributed by atoms with Gasteiger partial charge in [0.2, 0.25) is 0 Å². The minimum atomic E-state index is -0.723. The van der Waals surface area contributed by atoms with Gasteiger partial charge in [0, 0.05) is 6.42 Å². The van der Waals surface area contributed by atoms with Crippen LogP contribution >= 0.6 is 0 Å². The number of ether oxygens (including phenoxy) is 2. The van der Waals surface area contributed by atoms with Crippen molar-refractivity contribution in [3.63, 3.8) is 0 Å². The molecule has 2 aromatic rings. The zero-order valence-corrected chi connectivity index (χ0v) is 16.3. The van der Waals surface area contributed by atoms with E-state index in [1.807, 2.05) is 71.0 Å². The van der Waals surface area contributed by atoms with E-state index in [1.165, 1.54) is 0 Å². The molecule has 140 valence electrons. The molecule has 0 bridgehead atoms. The number of carbonyl (C=O) groups excluding carboxylic acids is 2. The summed E-state index contributed by atoms with van der Waals surface area (Å²) in [4.78, 5) is 24.5. The minimum absolute atomic E-state index is 0.222. The summed E-state index contributed by atoms with van der Waals surface area (Å²) in [6, 6.07) is 13.4. The van der Waals surface area contributed by atoms with Crippen molar-refractivity contribution in [3.8, 4) is 0 Å². The Labute approximate surface area is 155 Å². The molecule has 0 aromatic heterocycles. The molecular weight excluding hydrogens is 328 g/mol. The van der Waals surface area contributed by atoms with Crippen molar-refractivity contribution in [1.29, 1.82) is 0 Å². The summed E-state index contributed by atoms with van der Waals surface area (Å²) in [5.74, 6) is -0.599. The van der Waals surface area contributed by atoms with E-state index in [-0.39, 0.29) is 18.5 Å². The Bertz CT molecular complexity index is 790. The van der Waals surface area contributed by atoms with Crippen LogP contribution in [0.3, 0.4) is 0 Å². The Morgan fingerprint density at radius 1 is 0.962 bits per heavy atom. The summed E-state index contributed by atoms with van der Waals surface area (Å²) in [5, 5.41) is 2.07. The monoisotopic (exact) mass is 356 g/mol. The quantitative estimate of drug-likeness (QED) is 0.644. The predicted molar refractivity (Wildman–Crippen MR) is 103 cm³/mol. The van der Waals surface area contributed by atoms with Gasteiger partial charge in [-0.25, -0.2) is 4.79 Å². The average molecular weight is 356 g/mol. The van der Waals surface area contributed by atoms with Gasteiger partial charge in [-0.15, -0.1) is 0 Å². The summed E-state index contributed by atoms with van der Waals surface area (Å²) in [5.41, 5.74) is -0.702. The molecule has 4 nitrogen and oxygen atoms in total. The molecular formula is C22H28O4. The van der Waals surface area contributed by atoms with E-state index in [9.17, 15) is 9.59 Å². The lowest BCUT2D eigenvalue weighted by Crippen LogP contribution is -2.32. The third kappa shape index (κ3) is 5.07. The first-order chi connectivity index (χ1) is 12.1. The number of fused-ring (bicyclic) bond motifs is 1. The molecule has 0 saturated heterocycles. The number of esters is 2. The molecule has 0 aliphatic carbocycles. The van der Waals surface area contributed by atoms with Gasteiger partial charge >= 0.3 is 11.9 Å². The molecule has 0 heterocycles. The van der Waals surface area contributed by atoms with Crippen molar-refractivity contribution in [2.24, 2.45) is 5.41 Å². The van der Waals surface area contributed by atoms with Crippen LogP contribution in [-0.2, 0) is 14.3 Å². The summed E-state index contributed by atoms with van der Waals surface area (Å²) in [6.45, 7) is 9.55. The van der Waals surface area contributed by atoms with E-state index in [0.717, 1.165) is 10.8 Å². The van der Waals surface area contributed by atoms with Crippen molar-refractivity contribution in [1.82, 2.24) is 0 Å². The molecule has 4 heteroatoms. The highest BCUT2D eigenvalue weighted by Crippen LogP contribution is 2.23. The fourth-order valence-corrected chi connectivity index (χ4v) is 2.41. The second-order valence-electron chi connectivity index (χ2n) is 7.83. The van der Waals surface area contributed by atoms with Gasteiger partial charge in [0.05, 0.1) is 17.6 Å². The predicted octanol–water partition coefficient (Wildman–Crippen LogP) is 5.14. The number of hydrogen-bond donors (Lipinski definition) is 0. The van der Waals surface area contributed by atoms with E-state index in [0.29, 0.717) is 18.4 Å². The normalized spacial score (nSPS) is 12.0. The van der Waals surface area contributed by atoms with E-state index in [4.69, 9.17) is 9.47 Å². The van der Waals surface area contributed by atoms with Crippen LogP contribution in [0.4, 0.5) is 0 Å². The first kappa shape index (κ1) is 20.0. The van der Waals surface area contributed by atoms with Crippen LogP contribution < -0.4 is 0 Å². The molecule has 0 atom stereocenters. The smallest absolute Gasteiger partial charge is 0.338 e. The standard InChI is InChI=1S/C22H28O4/c1-6-21(2,3)20(24)25-14-13-22(4,5)26-19(23)18-12-11-16-9-7-8-10-17(16)15-18/h7-12,15H,6,13-14H2,1-5H3. The number of rotatable bonds is 7. The highest BCUT2D eigenvalue weighted by Gasteiger charge is 2.29. The zero-order valence-electron chi connectivity index (χ0n) is 16.3. The van der Waals surface area contributed by atoms with Crippen LogP contribution in [0.2, 0.25) is 0 Å². The Morgan fingerprint density at radius 3 is 2.27 bits per heavy atom. The van der Waals surface area contributed by atoms with E-state index >= 15 is 0 Å². The Hall–Kier alpha value is -2.36. The first-order valence-corrected chi connectivity index (χ1v) is 9.04. The molecule has 0 aliphatic rings. The van der Waals surface area contributed by atoms with Gasteiger partial charge in [0.15, 0.2) is 0 Å². The third-order valence-corrected chi connectivity index (χ3v) is 4.73. The van der Waals surface area contributed by atoms with Crippen molar-refractivity contribution in [3.05, 3.63) is 48.0 Å². The molecule has 2 rings (SSSR count). The third-order valence-electron chi connectivity index (χ3n) is 4.73. The molecule has 2 aromatic carbocycles. The second kappa shape index (κ2) is 7.90. The van der Waals surface area contributed by atoms with Crippen LogP contribution in [0.25, 0.3) is 10.8 Å². The Balaban J connectivity index is 1.94. The Kier molecular flexibility index (Phi) is 6.06. The molecule has 0 N–H and O–H groups in total. The van der Waals surface area contributed by atoms with Gasteiger partial charge in [-0.1, -0.05) is 37.3 Å². The van der Waals surface area contributed by atoms with Crippen molar-refractivity contribution >= 4 is 22.7 Å². The highest BCUT2D eigenvalue weighted by molar-refractivity contribution is 5.95. The van der Waals surface area contributed by atoms with Gasteiger partial charge in [0.1, 0.15) is 5.60 Å². The van der Waals surface area contributed by atoms with Gasteiger partial charge < -0.3 is 9.47 Å². The summed E-state index contributed by atoms with van der Waals surface area (Å²) in [6.07, 6.45) is 1.16. The SMILES string of the molecule is CCC(C)(C)C(=O)OCCC(C)(C)OC(=O)c1ccc2ccccc2c1. The van der Waals surface area contributed by atoms with Crippen LogP contribution in [-0.4, -0.2) is 24.1 Å². The van der Waals surface area contributed by atoms with Crippen LogP contribution in [0, 0.1) is 5.41 Å². The largest absolute Gasteiger partial charge is 0.465 e. The van der Waals surface area contributed by atoms with Crippen molar-refractivity contribution in [2.45, 2.75) is 53.1 Å². The highest BCUT2D eigenvalue weighted by atomic mass is 16.6. The van der Waals surface area contributed by atoms with Gasteiger partial charge in [-0.3, -0.25) is 4.79 Å². The minimum Gasteiger partial charge on any atom is -0.465 e. The van der Waals surface area contributed by atoms with Gasteiger partial charge in [-0.2, -0.15) is 0 Å². The van der Waals surface area contributed by atoms with E-state index < -0.39 is 11.0 Å². The maximum absolute atomic E-state index is 12.5. The molecule has 0 aliphatic heterocycles. The number of hydrogen-bond acceptors (Lipinski definition) is 4. The fraction of sp³-hybridized carbons (Fsp3) is 0.455. The zero-order chi connectivity index (χ0) is 19.4. The van der Waals surface area contributed by atoms with E-state index in [2.05, 4.69) is 0 Å². The fourth-order valence-electron chi connectivity index (χ4n) is 2.41. The van der Waals surface area contributed by atoms with E-state index in [1.54, 1.807) is 6.07 Å². The molecule has 0 saturated carbocycles. The van der Waals surface area contributed by atoms with Crippen molar-refractivity contribution < 1.29 is 19.1 Å². The topological polar surface area (TPSA) is 52.6 Å². The average Bonchev–Trinajstić information content (AvgIpc) is 2.60. The van der Waals surface area contributed by atoms with Crippen LogP contribution in [0.15, 0.2) is 42.5 Å². The lowest BCUT2D eigenvalue weighted by Gasteiger charge is -2.26. The van der Waals surface area contributed by atoms with Gasteiger partial charge in [0.25, 0.3) is 0 Å². The summed E-state index contributed by atoms with van der Waals surface area (Å²) >= 11 is 0. The number of carbonyl (C=O) groups is 2. The van der Waals surface area contributed by atoms with Crippen molar-refractivity contribution in [2.75, 3.05) is 6.61 Å². The molecule has 0 radical (unpaired) electrons. The van der Waals surface area contributed by atoms with Crippen LogP contribution in [0.1, 0.15) is 57.8 Å².